The number of nitrogens with two attached hydrogens (primary N) is 1. The molecule has 0 aliphatic carbocycles. The zero-order chi connectivity index (χ0) is 16.2. The van der Waals surface area contributed by atoms with Crippen LogP contribution >= 0.6 is 0 Å². The van der Waals surface area contributed by atoms with Gasteiger partial charge in [0.15, 0.2) is 0 Å². The minimum absolute atomic E-state index is 0.0120. The van der Waals surface area contributed by atoms with Gasteiger partial charge in [0, 0.05) is 13.1 Å². The van der Waals surface area contributed by atoms with E-state index < -0.39 is 10.0 Å². The van der Waals surface area contributed by atoms with Crippen LogP contribution in [0.1, 0.15) is 25.0 Å². The van der Waals surface area contributed by atoms with Crippen LogP contribution < -0.4 is 10.5 Å². The number of nitrogen functional groups attached to an aromatic ring is 1. The summed E-state index contributed by atoms with van der Waals surface area (Å²) < 4.78 is 26.8. The van der Waals surface area contributed by atoms with Gasteiger partial charge in [0.1, 0.15) is 4.90 Å². The van der Waals surface area contributed by atoms with Crippen LogP contribution in [-0.2, 0) is 14.8 Å². The molecule has 3 N–H and O–H groups in total. The van der Waals surface area contributed by atoms with Crippen LogP contribution in [0.5, 0.6) is 0 Å². The number of anilines is 1. The minimum atomic E-state index is -3.80. The van der Waals surface area contributed by atoms with Crippen LogP contribution in [-0.4, -0.2) is 38.9 Å². The molecule has 0 atom stereocenters. The van der Waals surface area contributed by atoms with Gasteiger partial charge in [0.05, 0.1) is 12.2 Å². The molecule has 1 amide bonds. The molecule has 1 rings (SSSR count). The number of rotatable bonds is 6. The van der Waals surface area contributed by atoms with E-state index in [-0.39, 0.29) is 23.0 Å². The predicted octanol–water partition coefficient (Wildman–Crippen LogP) is 1.03. The Balaban J connectivity index is 2.93. The van der Waals surface area contributed by atoms with E-state index in [9.17, 15) is 13.2 Å². The third-order valence-corrected chi connectivity index (χ3v) is 4.90. The van der Waals surface area contributed by atoms with Crippen LogP contribution in [0.4, 0.5) is 5.69 Å². The van der Waals surface area contributed by atoms with Gasteiger partial charge in [-0.2, -0.15) is 0 Å². The number of carbonyl (C=O) groups excluding carboxylic acids is 1. The summed E-state index contributed by atoms with van der Waals surface area (Å²) in [5.74, 6) is -0.258. The number of amides is 1. The van der Waals surface area contributed by atoms with Crippen molar-refractivity contribution < 1.29 is 13.2 Å². The van der Waals surface area contributed by atoms with E-state index in [1.165, 1.54) is 6.07 Å². The van der Waals surface area contributed by atoms with E-state index in [1.54, 1.807) is 11.0 Å². The van der Waals surface area contributed by atoms with Gasteiger partial charge in [-0.05, 0) is 51.0 Å². The largest absolute Gasteiger partial charge is 0.398 e. The molecule has 0 aliphatic heterocycles. The molecule has 0 fully saturated rings. The molecule has 0 bridgehead atoms. The molecule has 7 heteroatoms. The molecule has 0 saturated heterocycles. The Bertz CT molecular complexity index is 623. The SMILES string of the molecule is CCN(CC)C(=O)CNS(=O)(=O)c1cc(C)c(C)cc1N. The lowest BCUT2D eigenvalue weighted by atomic mass is 10.1. The van der Waals surface area contributed by atoms with Crippen LogP contribution in [0.25, 0.3) is 0 Å². The summed E-state index contributed by atoms with van der Waals surface area (Å²) in [7, 11) is -3.80. The second-order valence-electron chi connectivity index (χ2n) is 4.86. The first-order chi connectivity index (χ1) is 9.72. The second kappa shape index (κ2) is 6.91. The Morgan fingerprint density at radius 3 is 2.24 bits per heavy atom. The number of likely N-dealkylation sites (N-methyl/N-ethyl adjacent to an activating group) is 1. The molecule has 21 heavy (non-hydrogen) atoms. The molecule has 0 radical (unpaired) electrons. The maximum absolute atomic E-state index is 12.3. The van der Waals surface area contributed by atoms with Crippen molar-refractivity contribution in [3.8, 4) is 0 Å². The fourth-order valence-corrected chi connectivity index (χ4v) is 3.14. The number of nitrogens with zero attached hydrogens (tertiary/aromatic N) is 1. The van der Waals surface area contributed by atoms with Gasteiger partial charge in [0.25, 0.3) is 0 Å². The lowest BCUT2D eigenvalue weighted by Crippen LogP contribution is -2.40. The molecule has 0 aliphatic rings. The molecule has 1 aromatic carbocycles. The summed E-state index contributed by atoms with van der Waals surface area (Å²) in [5, 5.41) is 0. The highest BCUT2D eigenvalue weighted by Gasteiger charge is 2.20. The van der Waals surface area contributed by atoms with Gasteiger partial charge in [-0.25, -0.2) is 13.1 Å². The summed E-state index contributed by atoms with van der Waals surface area (Å²) >= 11 is 0. The Morgan fingerprint density at radius 2 is 1.71 bits per heavy atom. The quantitative estimate of drug-likeness (QED) is 0.767. The average Bonchev–Trinajstić information content (AvgIpc) is 2.42. The number of hydrogen-bond donors (Lipinski definition) is 2. The molecule has 0 heterocycles. The Hall–Kier alpha value is -1.60. The van der Waals surface area contributed by atoms with Crippen LogP contribution in [0, 0.1) is 13.8 Å². The van der Waals surface area contributed by atoms with Crippen molar-refractivity contribution in [2.45, 2.75) is 32.6 Å². The fourth-order valence-electron chi connectivity index (χ4n) is 1.97. The minimum Gasteiger partial charge on any atom is -0.398 e. The van der Waals surface area contributed by atoms with Crippen molar-refractivity contribution in [3.05, 3.63) is 23.3 Å². The first-order valence-corrected chi connectivity index (χ1v) is 8.35. The predicted molar refractivity (Wildman–Crippen MR) is 83.4 cm³/mol. The Labute approximate surface area is 126 Å². The summed E-state index contributed by atoms with van der Waals surface area (Å²) in [6, 6.07) is 3.14. The molecule has 0 unspecified atom stereocenters. The van der Waals surface area contributed by atoms with Gasteiger partial charge < -0.3 is 10.6 Å². The Morgan fingerprint density at radius 1 is 1.19 bits per heavy atom. The topological polar surface area (TPSA) is 92.5 Å². The number of aryl methyl sites for hydroxylation is 2. The van der Waals surface area contributed by atoms with E-state index in [0.29, 0.717) is 13.1 Å². The summed E-state index contributed by atoms with van der Waals surface area (Å²) in [4.78, 5) is 13.4. The van der Waals surface area contributed by atoms with E-state index >= 15 is 0 Å². The van der Waals surface area contributed by atoms with Crippen LogP contribution in [0.3, 0.4) is 0 Å². The molecule has 6 nitrogen and oxygen atoms in total. The zero-order valence-corrected chi connectivity index (χ0v) is 13.8. The van der Waals surface area contributed by atoms with E-state index in [2.05, 4.69) is 4.72 Å². The monoisotopic (exact) mass is 313 g/mol. The molecule has 0 aromatic heterocycles. The van der Waals surface area contributed by atoms with Crippen molar-refractivity contribution >= 4 is 21.6 Å². The molecular formula is C14H23N3O3S. The number of benzene rings is 1. The van der Waals surface area contributed by atoms with Gasteiger partial charge in [0.2, 0.25) is 15.9 Å². The summed E-state index contributed by atoms with van der Waals surface area (Å²) in [6.45, 7) is 8.19. The third kappa shape index (κ3) is 4.18. The van der Waals surface area contributed by atoms with Crippen molar-refractivity contribution in [2.75, 3.05) is 25.4 Å². The summed E-state index contributed by atoms with van der Waals surface area (Å²) in [6.07, 6.45) is 0. The standard InChI is InChI=1S/C14H23N3O3S/c1-5-17(6-2)14(18)9-16-21(19,20)13-8-11(4)10(3)7-12(13)15/h7-8,16H,5-6,9,15H2,1-4H3. The second-order valence-corrected chi connectivity index (χ2v) is 6.60. The summed E-state index contributed by atoms with van der Waals surface area (Å²) in [5.41, 5.74) is 7.72. The lowest BCUT2D eigenvalue weighted by molar-refractivity contribution is -0.129. The normalized spacial score (nSPS) is 11.4. The van der Waals surface area contributed by atoms with E-state index in [1.807, 2.05) is 27.7 Å². The first-order valence-electron chi connectivity index (χ1n) is 6.87. The number of hydrogen-bond acceptors (Lipinski definition) is 4. The zero-order valence-electron chi connectivity index (χ0n) is 12.9. The van der Waals surface area contributed by atoms with E-state index in [0.717, 1.165) is 11.1 Å². The average molecular weight is 313 g/mol. The number of nitrogens with one attached hydrogen (secondary N) is 1. The van der Waals surface area contributed by atoms with Crippen molar-refractivity contribution in [2.24, 2.45) is 0 Å². The smallest absolute Gasteiger partial charge is 0.243 e. The highest BCUT2D eigenvalue weighted by Crippen LogP contribution is 2.22. The van der Waals surface area contributed by atoms with Crippen molar-refractivity contribution in [1.82, 2.24) is 9.62 Å². The van der Waals surface area contributed by atoms with Crippen molar-refractivity contribution in [3.63, 3.8) is 0 Å². The highest BCUT2D eigenvalue weighted by atomic mass is 32.2. The molecule has 0 saturated carbocycles. The highest BCUT2D eigenvalue weighted by molar-refractivity contribution is 7.89. The fraction of sp³-hybridized carbons (Fsp3) is 0.500. The maximum Gasteiger partial charge on any atom is 0.243 e. The molecule has 118 valence electrons. The van der Waals surface area contributed by atoms with Gasteiger partial charge in [-0.15, -0.1) is 0 Å². The maximum atomic E-state index is 12.3. The molecule has 1 aromatic rings. The van der Waals surface area contributed by atoms with Gasteiger partial charge >= 0.3 is 0 Å². The Kier molecular flexibility index (Phi) is 5.74. The van der Waals surface area contributed by atoms with Gasteiger partial charge in [-0.3, -0.25) is 4.79 Å². The lowest BCUT2D eigenvalue weighted by Gasteiger charge is -2.19. The van der Waals surface area contributed by atoms with E-state index in [4.69, 9.17) is 5.73 Å². The van der Waals surface area contributed by atoms with Crippen LogP contribution in [0.2, 0.25) is 0 Å². The number of sulfonamides is 1. The number of carbonyl (C=O) groups is 1. The van der Waals surface area contributed by atoms with Crippen molar-refractivity contribution in [1.29, 1.82) is 0 Å². The van der Waals surface area contributed by atoms with Crippen LogP contribution in [0.15, 0.2) is 17.0 Å². The third-order valence-electron chi connectivity index (χ3n) is 3.45. The molecular weight excluding hydrogens is 290 g/mol. The molecule has 0 spiro atoms. The van der Waals surface area contributed by atoms with Gasteiger partial charge in [-0.1, -0.05) is 0 Å². The first kappa shape index (κ1) is 17.5.